The van der Waals surface area contributed by atoms with E-state index in [1.807, 2.05) is 19.3 Å². The van der Waals surface area contributed by atoms with Gasteiger partial charge in [-0.25, -0.2) is 0 Å². The Morgan fingerprint density at radius 1 is 1.39 bits per heavy atom. The lowest BCUT2D eigenvalue weighted by Gasteiger charge is -2.19. The molecule has 0 bridgehead atoms. The molecule has 0 spiro atoms. The average molecular weight is 241 g/mol. The minimum atomic E-state index is 0.777. The highest BCUT2D eigenvalue weighted by atomic mass is 15.2. The molecule has 0 saturated carbocycles. The summed E-state index contributed by atoms with van der Waals surface area (Å²) in [5.74, 6) is 0.777. The molecule has 1 aliphatic heterocycles. The highest BCUT2D eigenvalue weighted by Crippen LogP contribution is 2.26. The van der Waals surface area contributed by atoms with Crippen LogP contribution in [0, 0.1) is 5.92 Å². The van der Waals surface area contributed by atoms with Crippen LogP contribution < -0.4 is 10.2 Å². The number of fused-ring (bicyclic) bond motifs is 1. The quantitative estimate of drug-likeness (QED) is 0.893. The number of rotatable bonds is 3. The van der Waals surface area contributed by atoms with Gasteiger partial charge in [-0.15, -0.1) is 0 Å². The van der Waals surface area contributed by atoms with Gasteiger partial charge in [-0.1, -0.05) is 6.07 Å². The molecule has 2 aromatic rings. The molecular formula is C15H19N3. The summed E-state index contributed by atoms with van der Waals surface area (Å²) >= 11 is 0. The van der Waals surface area contributed by atoms with E-state index in [1.54, 1.807) is 0 Å². The highest BCUT2D eigenvalue weighted by molar-refractivity contribution is 5.82. The second-order valence-electron chi connectivity index (χ2n) is 5.04. The number of hydrogen-bond acceptors (Lipinski definition) is 3. The lowest BCUT2D eigenvalue weighted by molar-refractivity contribution is 0.549. The van der Waals surface area contributed by atoms with Crippen LogP contribution in [0.1, 0.15) is 6.42 Å². The standard InChI is InChI=1S/C15H19N3/c1-16-10-12-6-8-18(11-12)14-4-5-15-13(9-14)3-2-7-17-15/h2-5,7,9,12,16H,6,8,10-11H2,1H3. The molecular weight excluding hydrogens is 222 g/mol. The van der Waals surface area contributed by atoms with Gasteiger partial charge >= 0.3 is 0 Å². The van der Waals surface area contributed by atoms with Gasteiger partial charge in [0.2, 0.25) is 0 Å². The van der Waals surface area contributed by atoms with Gasteiger partial charge in [-0.05, 0) is 50.2 Å². The van der Waals surface area contributed by atoms with Crippen LogP contribution in [0.5, 0.6) is 0 Å². The Morgan fingerprint density at radius 3 is 3.22 bits per heavy atom. The van der Waals surface area contributed by atoms with Crippen LogP contribution in [0.4, 0.5) is 5.69 Å². The molecule has 1 atom stereocenters. The molecule has 0 aliphatic carbocycles. The summed E-state index contributed by atoms with van der Waals surface area (Å²) in [6.45, 7) is 3.44. The Labute approximate surface area is 108 Å². The maximum absolute atomic E-state index is 4.36. The van der Waals surface area contributed by atoms with E-state index >= 15 is 0 Å². The fraction of sp³-hybridized carbons (Fsp3) is 0.400. The Kier molecular flexibility index (Phi) is 3.15. The molecule has 2 heterocycles. The molecule has 1 fully saturated rings. The van der Waals surface area contributed by atoms with Gasteiger partial charge in [0.05, 0.1) is 5.52 Å². The van der Waals surface area contributed by atoms with Gasteiger partial charge < -0.3 is 10.2 Å². The van der Waals surface area contributed by atoms with E-state index < -0.39 is 0 Å². The van der Waals surface area contributed by atoms with Crippen LogP contribution >= 0.6 is 0 Å². The maximum Gasteiger partial charge on any atom is 0.0703 e. The van der Waals surface area contributed by atoms with Crippen LogP contribution in [-0.2, 0) is 0 Å². The molecule has 0 amide bonds. The normalized spacial score (nSPS) is 19.6. The average Bonchev–Trinajstić information content (AvgIpc) is 2.87. The van der Waals surface area contributed by atoms with Crippen molar-refractivity contribution < 1.29 is 0 Å². The summed E-state index contributed by atoms with van der Waals surface area (Å²) in [5.41, 5.74) is 2.40. The largest absolute Gasteiger partial charge is 0.371 e. The van der Waals surface area contributed by atoms with E-state index in [0.717, 1.165) is 31.1 Å². The van der Waals surface area contributed by atoms with Crippen LogP contribution in [-0.4, -0.2) is 31.7 Å². The second kappa shape index (κ2) is 4.94. The fourth-order valence-corrected chi connectivity index (χ4v) is 2.78. The molecule has 3 heteroatoms. The first-order valence-corrected chi connectivity index (χ1v) is 6.61. The zero-order valence-electron chi connectivity index (χ0n) is 10.8. The van der Waals surface area contributed by atoms with E-state index in [-0.39, 0.29) is 0 Å². The second-order valence-corrected chi connectivity index (χ2v) is 5.04. The third-order valence-electron chi connectivity index (χ3n) is 3.73. The number of nitrogens with zero attached hydrogens (tertiary/aromatic N) is 2. The first kappa shape index (κ1) is 11.5. The number of aromatic nitrogens is 1. The Morgan fingerprint density at radius 2 is 2.33 bits per heavy atom. The van der Waals surface area contributed by atoms with Gasteiger partial charge in [0.25, 0.3) is 0 Å². The lowest BCUT2D eigenvalue weighted by atomic mass is 10.1. The van der Waals surface area contributed by atoms with E-state index in [0.29, 0.717) is 0 Å². The third-order valence-corrected chi connectivity index (χ3v) is 3.73. The topological polar surface area (TPSA) is 28.2 Å². The molecule has 1 aliphatic rings. The minimum absolute atomic E-state index is 0.777. The molecule has 1 aromatic carbocycles. The smallest absolute Gasteiger partial charge is 0.0703 e. The molecule has 1 aromatic heterocycles. The summed E-state index contributed by atoms with van der Waals surface area (Å²) in [6.07, 6.45) is 3.13. The van der Waals surface area contributed by atoms with Crippen LogP contribution in [0.25, 0.3) is 10.9 Å². The van der Waals surface area contributed by atoms with E-state index in [2.05, 4.69) is 39.5 Å². The van der Waals surface area contributed by atoms with E-state index in [9.17, 15) is 0 Å². The summed E-state index contributed by atoms with van der Waals surface area (Å²) in [5, 5.41) is 4.50. The van der Waals surface area contributed by atoms with E-state index in [1.165, 1.54) is 17.5 Å². The monoisotopic (exact) mass is 241 g/mol. The Hall–Kier alpha value is -1.61. The van der Waals surface area contributed by atoms with Crippen molar-refractivity contribution in [2.24, 2.45) is 5.92 Å². The molecule has 18 heavy (non-hydrogen) atoms. The van der Waals surface area contributed by atoms with Crippen molar-refractivity contribution in [1.82, 2.24) is 10.3 Å². The van der Waals surface area contributed by atoms with Crippen molar-refractivity contribution in [2.45, 2.75) is 6.42 Å². The number of pyridine rings is 1. The predicted molar refractivity (Wildman–Crippen MR) is 76.0 cm³/mol. The van der Waals surface area contributed by atoms with Crippen molar-refractivity contribution in [3.63, 3.8) is 0 Å². The molecule has 94 valence electrons. The molecule has 1 saturated heterocycles. The summed E-state index contributed by atoms with van der Waals surface area (Å²) < 4.78 is 0. The number of anilines is 1. The molecule has 1 N–H and O–H groups in total. The zero-order valence-corrected chi connectivity index (χ0v) is 10.8. The molecule has 3 rings (SSSR count). The molecule has 1 unspecified atom stereocenters. The van der Waals surface area contributed by atoms with Crippen LogP contribution in [0.2, 0.25) is 0 Å². The summed E-state index contributed by atoms with van der Waals surface area (Å²) in [4.78, 5) is 6.85. The first-order chi connectivity index (χ1) is 8.86. The van der Waals surface area contributed by atoms with Crippen molar-refractivity contribution in [3.05, 3.63) is 36.5 Å². The Balaban J connectivity index is 1.82. The van der Waals surface area contributed by atoms with E-state index in [4.69, 9.17) is 0 Å². The summed E-state index contributed by atoms with van der Waals surface area (Å²) in [6, 6.07) is 10.7. The minimum Gasteiger partial charge on any atom is -0.371 e. The SMILES string of the molecule is CNCC1CCN(c2ccc3ncccc3c2)C1. The predicted octanol–water partition coefficient (Wildman–Crippen LogP) is 2.28. The summed E-state index contributed by atoms with van der Waals surface area (Å²) in [7, 11) is 2.03. The van der Waals surface area contributed by atoms with Gasteiger partial charge in [0, 0.05) is 30.4 Å². The van der Waals surface area contributed by atoms with Crippen molar-refractivity contribution >= 4 is 16.6 Å². The third kappa shape index (κ3) is 2.18. The number of benzene rings is 1. The van der Waals surface area contributed by atoms with Crippen molar-refractivity contribution in [2.75, 3.05) is 31.6 Å². The molecule has 3 nitrogen and oxygen atoms in total. The lowest BCUT2D eigenvalue weighted by Crippen LogP contribution is -2.24. The van der Waals surface area contributed by atoms with Gasteiger partial charge in [0.1, 0.15) is 0 Å². The van der Waals surface area contributed by atoms with Gasteiger partial charge in [-0.2, -0.15) is 0 Å². The van der Waals surface area contributed by atoms with Gasteiger partial charge in [-0.3, -0.25) is 4.98 Å². The zero-order chi connectivity index (χ0) is 12.4. The first-order valence-electron chi connectivity index (χ1n) is 6.61. The van der Waals surface area contributed by atoms with Crippen molar-refractivity contribution in [1.29, 1.82) is 0 Å². The van der Waals surface area contributed by atoms with Crippen molar-refractivity contribution in [3.8, 4) is 0 Å². The maximum atomic E-state index is 4.36. The van der Waals surface area contributed by atoms with Crippen LogP contribution in [0.3, 0.4) is 0 Å². The fourth-order valence-electron chi connectivity index (χ4n) is 2.78. The number of hydrogen-bond donors (Lipinski definition) is 1. The number of nitrogens with one attached hydrogen (secondary N) is 1. The Bertz CT molecular complexity index is 538. The molecule has 0 radical (unpaired) electrons. The van der Waals surface area contributed by atoms with Gasteiger partial charge in [0.15, 0.2) is 0 Å². The highest BCUT2D eigenvalue weighted by Gasteiger charge is 2.21. The van der Waals surface area contributed by atoms with Crippen LogP contribution in [0.15, 0.2) is 36.5 Å².